The fourth-order valence-corrected chi connectivity index (χ4v) is 16.7. The van der Waals surface area contributed by atoms with Gasteiger partial charge < -0.3 is 19.9 Å². The molecule has 1 N–H and O–H groups in total. The number of nitrogens with one attached hydrogen (secondary N) is 1. The number of hydrogen-bond acceptors (Lipinski definition) is 5. The van der Waals surface area contributed by atoms with Crippen LogP contribution in [0.4, 0.5) is 4.79 Å². The Morgan fingerprint density at radius 3 is 2.12 bits per heavy atom. The van der Waals surface area contributed by atoms with Crippen LogP contribution in [-0.4, -0.2) is 73.0 Å². The van der Waals surface area contributed by atoms with Crippen LogP contribution in [0.2, 0.25) is 5.02 Å². The minimum absolute atomic E-state index is 0.0188. The van der Waals surface area contributed by atoms with E-state index in [4.69, 9.17) is 16.3 Å². The third-order valence-corrected chi connectivity index (χ3v) is 21.2. The van der Waals surface area contributed by atoms with E-state index in [0.717, 1.165) is 94.2 Å². The Kier molecular flexibility index (Phi) is 12.2. The maximum absolute atomic E-state index is 15.0. The smallest absolute Gasteiger partial charge is 0.318 e. The Hall–Kier alpha value is -3.16. The topological polar surface area (TPSA) is 79.0 Å². The Morgan fingerprint density at radius 2 is 1.48 bits per heavy atom. The number of allylic oxidation sites excluding steroid dienone is 1. The SMILES string of the molecule is CC(C)C1=C2[C@H]3CC[C@@H]4[C@@]5(C)CC[C@H](OC(=O)[C@H]6C[C@@H](Cc7ccccc7)C6(C)C)C(C)(C)[C@@H]5CC[C@@]4(C)[C@]3(C)CC[C@@]2(NC(=O)N(CCN(C)C)CC2(c3ccc(Cl)cc3)CC2)CC1=O. The molecular formula is C58H82ClN3O4. The summed E-state index contributed by atoms with van der Waals surface area (Å²) in [6.07, 6.45) is 12.5. The zero-order chi connectivity index (χ0) is 47.4. The largest absolute Gasteiger partial charge is 0.462 e. The molecule has 66 heavy (non-hydrogen) atoms. The summed E-state index contributed by atoms with van der Waals surface area (Å²) in [7, 11) is 4.14. The van der Waals surface area contributed by atoms with Gasteiger partial charge in [0.1, 0.15) is 6.10 Å². The lowest BCUT2D eigenvalue weighted by atomic mass is 9.33. The van der Waals surface area contributed by atoms with Gasteiger partial charge in [0.2, 0.25) is 0 Å². The Balaban J connectivity index is 0.940. The lowest BCUT2D eigenvalue weighted by Crippen LogP contribution is -2.67. The molecule has 0 bridgehead atoms. The number of fused-ring (bicyclic) bond motifs is 7. The molecule has 0 radical (unpaired) electrons. The molecule has 2 amide bonds. The fourth-order valence-electron chi connectivity index (χ4n) is 16.5. The Morgan fingerprint density at radius 1 is 0.788 bits per heavy atom. The number of Topliss-reactive ketones (excluding diaryl/α,β-unsaturated/α-hetero) is 1. The first-order valence-electron chi connectivity index (χ1n) is 26.0. The molecule has 0 aliphatic heterocycles. The molecule has 360 valence electrons. The number of ketones is 1. The second kappa shape index (κ2) is 16.8. The molecule has 2 aromatic rings. The number of esters is 1. The summed E-state index contributed by atoms with van der Waals surface area (Å²) in [5, 5.41) is 4.45. The van der Waals surface area contributed by atoms with Gasteiger partial charge in [0.05, 0.1) is 11.5 Å². The maximum Gasteiger partial charge on any atom is 0.318 e. The number of urea groups is 1. The van der Waals surface area contributed by atoms with E-state index in [9.17, 15) is 9.59 Å². The second-order valence-corrected chi connectivity index (χ2v) is 25.9. The Bertz CT molecular complexity index is 2230. The van der Waals surface area contributed by atoms with Gasteiger partial charge in [0.25, 0.3) is 0 Å². The van der Waals surface area contributed by atoms with Crippen molar-refractivity contribution in [3.63, 3.8) is 0 Å². The molecule has 6 fully saturated rings. The summed E-state index contributed by atoms with van der Waals surface area (Å²) in [5.74, 6) is 1.98. The minimum atomic E-state index is -0.657. The van der Waals surface area contributed by atoms with Gasteiger partial charge in [-0.25, -0.2) is 4.79 Å². The van der Waals surface area contributed by atoms with Crippen LogP contribution in [0.3, 0.4) is 0 Å². The van der Waals surface area contributed by atoms with Crippen molar-refractivity contribution >= 4 is 29.4 Å². The van der Waals surface area contributed by atoms with Crippen LogP contribution in [0.1, 0.15) is 150 Å². The third-order valence-electron chi connectivity index (χ3n) is 21.0. The zero-order valence-electron chi connectivity index (χ0n) is 42.5. The molecular weight excluding hydrogens is 838 g/mol. The molecule has 6 saturated carbocycles. The highest BCUT2D eigenvalue weighted by atomic mass is 35.5. The molecule has 7 nitrogen and oxygen atoms in total. The molecule has 8 heteroatoms. The van der Waals surface area contributed by atoms with E-state index < -0.39 is 5.54 Å². The van der Waals surface area contributed by atoms with Crippen LogP contribution in [-0.2, 0) is 26.2 Å². The molecule has 7 aliphatic carbocycles. The lowest BCUT2D eigenvalue weighted by Gasteiger charge is -2.72. The second-order valence-electron chi connectivity index (χ2n) is 25.5. The van der Waals surface area contributed by atoms with Gasteiger partial charge in [0.15, 0.2) is 5.78 Å². The molecule has 0 heterocycles. The van der Waals surface area contributed by atoms with Gasteiger partial charge in [0, 0.05) is 41.9 Å². The summed E-state index contributed by atoms with van der Waals surface area (Å²) in [6.45, 7) is 23.6. The summed E-state index contributed by atoms with van der Waals surface area (Å²) in [6, 6.07) is 18.9. The number of hydrogen-bond donors (Lipinski definition) is 1. The number of carbonyl (C=O) groups excluding carboxylic acids is 3. The highest BCUT2D eigenvalue weighted by molar-refractivity contribution is 6.30. The summed E-state index contributed by atoms with van der Waals surface area (Å²) < 4.78 is 6.72. The number of rotatable bonds is 12. The van der Waals surface area contributed by atoms with Gasteiger partial charge >= 0.3 is 12.0 Å². The first-order valence-corrected chi connectivity index (χ1v) is 26.4. The quantitative estimate of drug-likeness (QED) is 0.215. The fraction of sp³-hybridized carbons (Fsp3) is 0.707. The van der Waals surface area contributed by atoms with Crippen LogP contribution >= 0.6 is 11.6 Å². The van der Waals surface area contributed by atoms with Crippen molar-refractivity contribution in [3.05, 3.63) is 81.9 Å². The van der Waals surface area contributed by atoms with E-state index in [1.165, 1.54) is 16.7 Å². The van der Waals surface area contributed by atoms with Crippen molar-refractivity contribution in [3.8, 4) is 0 Å². The van der Waals surface area contributed by atoms with E-state index in [1.54, 1.807) is 0 Å². The van der Waals surface area contributed by atoms with Gasteiger partial charge in [-0.1, -0.05) is 116 Å². The molecule has 0 spiro atoms. The number of benzene rings is 2. The van der Waals surface area contributed by atoms with Gasteiger partial charge in [-0.05, 0) is 177 Å². The predicted octanol–water partition coefficient (Wildman–Crippen LogP) is 12.5. The highest BCUT2D eigenvalue weighted by Crippen LogP contribution is 2.76. The van der Waals surface area contributed by atoms with Crippen molar-refractivity contribution in [1.82, 2.24) is 15.1 Å². The van der Waals surface area contributed by atoms with E-state index in [-0.39, 0.29) is 74.1 Å². The predicted molar refractivity (Wildman–Crippen MR) is 266 cm³/mol. The van der Waals surface area contributed by atoms with Crippen molar-refractivity contribution in [1.29, 1.82) is 0 Å². The molecule has 7 aliphatic rings. The number of amides is 2. The van der Waals surface area contributed by atoms with Crippen LogP contribution in [0.5, 0.6) is 0 Å². The van der Waals surface area contributed by atoms with Crippen molar-refractivity contribution in [2.24, 2.45) is 62.6 Å². The first-order chi connectivity index (χ1) is 31.0. The van der Waals surface area contributed by atoms with E-state index in [2.05, 4.69) is 134 Å². The normalized spacial score (nSPS) is 37.0. The van der Waals surface area contributed by atoms with Crippen LogP contribution in [0.15, 0.2) is 65.7 Å². The molecule has 0 unspecified atom stereocenters. The number of likely N-dealkylation sites (N-methyl/N-ethyl adjacent to an activating group) is 1. The minimum Gasteiger partial charge on any atom is -0.462 e. The van der Waals surface area contributed by atoms with Gasteiger partial charge in [-0.3, -0.25) is 9.59 Å². The van der Waals surface area contributed by atoms with E-state index >= 15 is 4.79 Å². The van der Waals surface area contributed by atoms with E-state index in [0.29, 0.717) is 37.3 Å². The molecule has 9 rings (SSSR count). The molecule has 2 aromatic carbocycles. The average molecular weight is 921 g/mol. The number of ether oxygens (including phenoxy) is 1. The summed E-state index contributed by atoms with van der Waals surface area (Å²) in [5.41, 5.74) is 4.09. The Labute approximate surface area is 403 Å². The van der Waals surface area contributed by atoms with Crippen molar-refractivity contribution < 1.29 is 19.1 Å². The average Bonchev–Trinajstić information content (AvgIpc) is 3.97. The number of halogens is 1. The van der Waals surface area contributed by atoms with Gasteiger partial charge in [-0.2, -0.15) is 0 Å². The van der Waals surface area contributed by atoms with Crippen molar-refractivity contribution in [2.75, 3.05) is 33.7 Å². The highest BCUT2D eigenvalue weighted by Gasteiger charge is 2.71. The summed E-state index contributed by atoms with van der Waals surface area (Å²) in [4.78, 5) is 47.8. The number of nitrogens with zero attached hydrogens (tertiary/aromatic N) is 2. The standard InChI is InChI=1S/C58H82ClN3O4/c1-37(2)48-44(63)35-58(60-51(65)62(32-31-61(10)11)36-57(28-29-57)39-17-19-41(59)20-18-39)30-27-55(8)42(49(48)58)21-22-46-54(7)25-24-47(53(5,6)45(54)23-26-56(46,55)9)66-50(64)43-34-40(52(43,3)4)33-38-15-13-12-14-16-38/h12-20,37,40,42-43,45-47H,21-36H2,1-11H3,(H,60,65)/t40-,42-,43-,45+,46-,47+,54+,55-,56-,58-/m1/s1. The summed E-state index contributed by atoms with van der Waals surface area (Å²) >= 11 is 6.32. The molecule has 0 saturated heterocycles. The first kappa shape index (κ1) is 47.9. The zero-order valence-corrected chi connectivity index (χ0v) is 43.2. The van der Waals surface area contributed by atoms with E-state index in [1.807, 2.05) is 12.1 Å². The molecule has 10 atom stereocenters. The van der Waals surface area contributed by atoms with Crippen LogP contribution < -0.4 is 5.32 Å². The monoisotopic (exact) mass is 920 g/mol. The lowest BCUT2D eigenvalue weighted by molar-refractivity contribution is -0.235. The third kappa shape index (κ3) is 7.64. The van der Waals surface area contributed by atoms with Crippen LogP contribution in [0, 0.1) is 62.6 Å². The maximum atomic E-state index is 15.0. The van der Waals surface area contributed by atoms with Gasteiger partial charge in [-0.15, -0.1) is 0 Å². The van der Waals surface area contributed by atoms with Crippen LogP contribution in [0.25, 0.3) is 0 Å². The molecule has 0 aromatic heterocycles. The van der Waals surface area contributed by atoms with Crippen molar-refractivity contribution in [2.45, 2.75) is 163 Å². The number of carbonyl (C=O) groups is 3.